The quantitative estimate of drug-likeness (QED) is 0.811. The summed E-state index contributed by atoms with van der Waals surface area (Å²) in [7, 11) is 1.89. The Morgan fingerprint density at radius 3 is 2.95 bits per heavy atom. The van der Waals surface area contributed by atoms with E-state index in [1.54, 1.807) is 0 Å². The Bertz CT molecular complexity index is 588. The normalized spacial score (nSPS) is 10.9. The molecule has 0 fully saturated rings. The van der Waals surface area contributed by atoms with Gasteiger partial charge in [-0.3, -0.25) is 4.79 Å². The van der Waals surface area contributed by atoms with Gasteiger partial charge in [0.25, 0.3) is 0 Å². The van der Waals surface area contributed by atoms with Gasteiger partial charge in [0.05, 0.1) is 5.69 Å². The van der Waals surface area contributed by atoms with Crippen LogP contribution in [0.4, 0.5) is 0 Å². The predicted octanol–water partition coefficient (Wildman–Crippen LogP) is 2.83. The van der Waals surface area contributed by atoms with E-state index >= 15 is 0 Å². The van der Waals surface area contributed by atoms with E-state index in [-0.39, 0.29) is 5.91 Å². The van der Waals surface area contributed by atoms with Crippen molar-refractivity contribution >= 4 is 11.6 Å². The number of unbranched alkanes of at least 4 members (excludes halogenated alkanes) is 1. The summed E-state index contributed by atoms with van der Waals surface area (Å²) in [5.41, 5.74) is 3.10. The van der Waals surface area contributed by atoms with E-state index in [4.69, 9.17) is 0 Å². The first-order valence-electron chi connectivity index (χ1n) is 7.30. The first kappa shape index (κ1) is 14.6. The van der Waals surface area contributed by atoms with Gasteiger partial charge >= 0.3 is 0 Å². The minimum Gasteiger partial charge on any atom is -0.346 e. The van der Waals surface area contributed by atoms with Crippen molar-refractivity contribution in [1.82, 2.24) is 14.3 Å². The average molecular weight is 273 g/mol. The number of pyridine rings is 1. The molecule has 2 rings (SSSR count). The van der Waals surface area contributed by atoms with Crippen molar-refractivity contribution in [2.75, 3.05) is 13.6 Å². The predicted molar refractivity (Wildman–Crippen MR) is 80.8 cm³/mol. The number of aromatic nitrogens is 2. The van der Waals surface area contributed by atoms with E-state index in [2.05, 4.69) is 16.3 Å². The molecular weight excluding hydrogens is 250 g/mol. The van der Waals surface area contributed by atoms with Crippen LogP contribution in [0, 0.1) is 6.92 Å². The molecule has 4 nitrogen and oxygen atoms in total. The lowest BCUT2D eigenvalue weighted by molar-refractivity contribution is -0.129. The molecule has 0 saturated carbocycles. The van der Waals surface area contributed by atoms with Crippen molar-refractivity contribution in [3.05, 3.63) is 35.8 Å². The third-order valence-corrected chi connectivity index (χ3v) is 3.68. The minimum absolute atomic E-state index is 0.212. The smallest absolute Gasteiger partial charge is 0.222 e. The summed E-state index contributed by atoms with van der Waals surface area (Å²) in [6.45, 7) is 5.00. The summed E-state index contributed by atoms with van der Waals surface area (Å²) >= 11 is 0. The standard InChI is InChI=1S/C16H23N3O/c1-4-5-11-18(3)16(20)10-9-14-13(2)17-15-8-6-7-12-19(14)15/h6-8,12H,4-5,9-11H2,1-3H3. The highest BCUT2D eigenvalue weighted by Gasteiger charge is 2.12. The molecule has 0 aliphatic heterocycles. The van der Waals surface area contributed by atoms with Gasteiger partial charge in [-0.15, -0.1) is 0 Å². The molecule has 0 aliphatic rings. The van der Waals surface area contributed by atoms with Crippen LogP contribution in [0.2, 0.25) is 0 Å². The number of carbonyl (C=O) groups is 1. The molecule has 20 heavy (non-hydrogen) atoms. The summed E-state index contributed by atoms with van der Waals surface area (Å²) in [4.78, 5) is 18.4. The van der Waals surface area contributed by atoms with Crippen molar-refractivity contribution < 1.29 is 4.79 Å². The highest BCUT2D eigenvalue weighted by atomic mass is 16.2. The Hall–Kier alpha value is -1.84. The molecule has 0 bridgehead atoms. The van der Waals surface area contributed by atoms with Crippen LogP contribution >= 0.6 is 0 Å². The van der Waals surface area contributed by atoms with E-state index in [9.17, 15) is 4.79 Å². The summed E-state index contributed by atoms with van der Waals surface area (Å²) in [5, 5.41) is 0. The van der Waals surface area contributed by atoms with Gasteiger partial charge in [0, 0.05) is 31.9 Å². The SMILES string of the molecule is CCCCN(C)C(=O)CCc1c(C)nc2ccccn12. The zero-order chi connectivity index (χ0) is 14.5. The lowest BCUT2D eigenvalue weighted by atomic mass is 10.2. The molecule has 2 aromatic heterocycles. The largest absolute Gasteiger partial charge is 0.346 e. The van der Waals surface area contributed by atoms with Crippen molar-refractivity contribution in [2.24, 2.45) is 0 Å². The molecule has 0 atom stereocenters. The number of fused-ring (bicyclic) bond motifs is 1. The Balaban J connectivity index is 2.02. The zero-order valence-corrected chi connectivity index (χ0v) is 12.6. The molecule has 0 aliphatic carbocycles. The van der Waals surface area contributed by atoms with E-state index in [0.29, 0.717) is 6.42 Å². The molecule has 0 N–H and O–H groups in total. The average Bonchev–Trinajstić information content (AvgIpc) is 2.77. The van der Waals surface area contributed by atoms with E-state index < -0.39 is 0 Å². The highest BCUT2D eigenvalue weighted by molar-refractivity contribution is 5.76. The summed E-state index contributed by atoms with van der Waals surface area (Å²) in [6.07, 6.45) is 5.48. The fraction of sp³-hybridized carbons (Fsp3) is 0.500. The molecule has 108 valence electrons. The van der Waals surface area contributed by atoms with Crippen LogP contribution in [-0.4, -0.2) is 33.8 Å². The Morgan fingerprint density at radius 2 is 2.20 bits per heavy atom. The van der Waals surface area contributed by atoms with Gasteiger partial charge in [-0.1, -0.05) is 19.4 Å². The maximum Gasteiger partial charge on any atom is 0.222 e. The molecule has 2 aromatic rings. The van der Waals surface area contributed by atoms with Gasteiger partial charge in [0.1, 0.15) is 5.65 Å². The van der Waals surface area contributed by atoms with Crippen LogP contribution in [0.15, 0.2) is 24.4 Å². The number of amides is 1. The van der Waals surface area contributed by atoms with Crippen LogP contribution < -0.4 is 0 Å². The summed E-state index contributed by atoms with van der Waals surface area (Å²) in [5.74, 6) is 0.212. The first-order chi connectivity index (χ1) is 9.63. The second kappa shape index (κ2) is 6.55. The fourth-order valence-electron chi connectivity index (χ4n) is 2.40. The molecule has 0 spiro atoms. The van der Waals surface area contributed by atoms with E-state index in [1.807, 2.05) is 43.3 Å². The minimum atomic E-state index is 0.212. The van der Waals surface area contributed by atoms with Gasteiger partial charge in [-0.25, -0.2) is 4.98 Å². The number of aryl methyl sites for hydroxylation is 2. The topological polar surface area (TPSA) is 37.6 Å². The number of imidazole rings is 1. The molecule has 4 heteroatoms. The number of rotatable bonds is 6. The van der Waals surface area contributed by atoms with E-state index in [1.165, 1.54) is 0 Å². The van der Waals surface area contributed by atoms with Gasteiger partial charge < -0.3 is 9.30 Å². The maximum absolute atomic E-state index is 12.1. The third-order valence-electron chi connectivity index (χ3n) is 3.68. The van der Waals surface area contributed by atoms with E-state index in [0.717, 1.165) is 42.8 Å². The van der Waals surface area contributed by atoms with Crippen LogP contribution in [0.3, 0.4) is 0 Å². The van der Waals surface area contributed by atoms with Crippen LogP contribution in [-0.2, 0) is 11.2 Å². The monoisotopic (exact) mass is 273 g/mol. The molecule has 0 saturated heterocycles. The lowest BCUT2D eigenvalue weighted by Gasteiger charge is -2.16. The number of hydrogen-bond acceptors (Lipinski definition) is 2. The molecule has 2 heterocycles. The van der Waals surface area contributed by atoms with Crippen molar-refractivity contribution in [3.8, 4) is 0 Å². The Kier molecular flexibility index (Phi) is 4.77. The highest BCUT2D eigenvalue weighted by Crippen LogP contribution is 2.14. The lowest BCUT2D eigenvalue weighted by Crippen LogP contribution is -2.28. The van der Waals surface area contributed by atoms with Gasteiger partial charge in [0.15, 0.2) is 0 Å². The fourth-order valence-corrected chi connectivity index (χ4v) is 2.40. The zero-order valence-electron chi connectivity index (χ0n) is 12.6. The molecular formula is C16H23N3O. The van der Waals surface area contributed by atoms with Gasteiger partial charge in [-0.2, -0.15) is 0 Å². The van der Waals surface area contributed by atoms with Crippen LogP contribution in [0.1, 0.15) is 37.6 Å². The number of hydrogen-bond donors (Lipinski definition) is 0. The second-order valence-electron chi connectivity index (χ2n) is 5.24. The van der Waals surface area contributed by atoms with Crippen molar-refractivity contribution in [2.45, 2.75) is 39.5 Å². The number of carbonyl (C=O) groups excluding carboxylic acids is 1. The van der Waals surface area contributed by atoms with Crippen LogP contribution in [0.5, 0.6) is 0 Å². The summed E-state index contributed by atoms with van der Waals surface area (Å²) in [6, 6.07) is 5.97. The molecule has 1 amide bonds. The second-order valence-corrected chi connectivity index (χ2v) is 5.24. The number of nitrogens with zero attached hydrogens (tertiary/aromatic N) is 3. The molecule has 0 radical (unpaired) electrons. The summed E-state index contributed by atoms with van der Waals surface area (Å²) < 4.78 is 2.08. The van der Waals surface area contributed by atoms with Gasteiger partial charge in [-0.05, 0) is 31.9 Å². The van der Waals surface area contributed by atoms with Crippen molar-refractivity contribution in [1.29, 1.82) is 0 Å². The molecule has 0 unspecified atom stereocenters. The Morgan fingerprint density at radius 1 is 1.40 bits per heavy atom. The maximum atomic E-state index is 12.1. The van der Waals surface area contributed by atoms with Crippen molar-refractivity contribution in [3.63, 3.8) is 0 Å². The van der Waals surface area contributed by atoms with Gasteiger partial charge in [0.2, 0.25) is 5.91 Å². The third kappa shape index (κ3) is 3.18. The molecule has 0 aromatic carbocycles. The first-order valence-corrected chi connectivity index (χ1v) is 7.30. The Labute approximate surface area is 120 Å². The van der Waals surface area contributed by atoms with Crippen LogP contribution in [0.25, 0.3) is 5.65 Å².